The second kappa shape index (κ2) is 9.82. The van der Waals surface area contributed by atoms with Crippen LogP contribution in [-0.2, 0) is 20.0 Å². The van der Waals surface area contributed by atoms with Crippen molar-refractivity contribution in [2.24, 2.45) is 0 Å². The Labute approximate surface area is 162 Å². The molecule has 2 N–H and O–H groups in total. The minimum absolute atomic E-state index is 0. The molecule has 26 heavy (non-hydrogen) atoms. The molecule has 7 nitrogen and oxygen atoms in total. The SMILES string of the molecule is CCN(CC)S(=O)(=O)c1cccc(S(=O)(=O)NCC2=CCNCC2)c1.Cl. The minimum Gasteiger partial charge on any atom is -0.313 e. The fraction of sp³-hybridized carbons (Fsp3) is 0.500. The number of nitrogens with one attached hydrogen (secondary N) is 2. The lowest BCUT2D eigenvalue weighted by Gasteiger charge is -2.19. The molecular weight excluding hydrogens is 398 g/mol. The van der Waals surface area contributed by atoms with Crippen molar-refractivity contribution in [1.82, 2.24) is 14.3 Å². The van der Waals surface area contributed by atoms with Gasteiger partial charge in [-0.25, -0.2) is 21.6 Å². The molecule has 1 aliphatic rings. The monoisotopic (exact) mass is 423 g/mol. The smallest absolute Gasteiger partial charge is 0.243 e. The van der Waals surface area contributed by atoms with E-state index in [1.165, 1.54) is 28.6 Å². The molecule has 0 bridgehead atoms. The van der Waals surface area contributed by atoms with Crippen LogP contribution in [0.2, 0.25) is 0 Å². The van der Waals surface area contributed by atoms with Gasteiger partial charge in [-0.15, -0.1) is 12.4 Å². The molecule has 0 aromatic heterocycles. The number of benzene rings is 1. The summed E-state index contributed by atoms with van der Waals surface area (Å²) in [5.41, 5.74) is 1.02. The average molecular weight is 424 g/mol. The van der Waals surface area contributed by atoms with Crippen LogP contribution in [0, 0.1) is 0 Å². The third-order valence-electron chi connectivity index (χ3n) is 4.11. The fourth-order valence-corrected chi connectivity index (χ4v) is 5.28. The van der Waals surface area contributed by atoms with Crippen LogP contribution in [0.3, 0.4) is 0 Å². The molecule has 1 aromatic carbocycles. The van der Waals surface area contributed by atoms with Gasteiger partial charge in [-0.2, -0.15) is 4.31 Å². The Balaban J connectivity index is 0.00000338. The van der Waals surface area contributed by atoms with E-state index in [1.807, 2.05) is 6.08 Å². The largest absolute Gasteiger partial charge is 0.313 e. The summed E-state index contributed by atoms with van der Waals surface area (Å²) in [5.74, 6) is 0. The summed E-state index contributed by atoms with van der Waals surface area (Å²) in [7, 11) is -7.47. The second-order valence-corrected chi connectivity index (χ2v) is 9.41. The Morgan fingerprint density at radius 3 is 2.35 bits per heavy atom. The number of rotatable bonds is 8. The van der Waals surface area contributed by atoms with Crippen LogP contribution in [0.1, 0.15) is 20.3 Å². The summed E-state index contributed by atoms with van der Waals surface area (Å²) < 4.78 is 54.0. The lowest BCUT2D eigenvalue weighted by molar-refractivity contribution is 0.445. The number of halogens is 1. The Hall–Kier alpha value is -0.970. The van der Waals surface area contributed by atoms with Crippen molar-refractivity contribution in [3.05, 3.63) is 35.9 Å². The molecule has 0 aliphatic carbocycles. The predicted octanol–water partition coefficient (Wildman–Crippen LogP) is 1.34. The zero-order valence-electron chi connectivity index (χ0n) is 14.9. The third-order valence-corrected chi connectivity index (χ3v) is 7.55. The minimum atomic E-state index is -3.78. The molecule has 1 aromatic rings. The molecule has 0 saturated carbocycles. The first-order chi connectivity index (χ1) is 11.8. The molecular formula is C16H26ClN3O4S2. The van der Waals surface area contributed by atoms with Gasteiger partial charge in [0.2, 0.25) is 20.0 Å². The quantitative estimate of drug-likeness (QED) is 0.615. The van der Waals surface area contributed by atoms with Crippen molar-refractivity contribution in [1.29, 1.82) is 0 Å². The highest BCUT2D eigenvalue weighted by molar-refractivity contribution is 7.90. The highest BCUT2D eigenvalue weighted by Crippen LogP contribution is 2.19. The summed E-state index contributed by atoms with van der Waals surface area (Å²) in [6.45, 7) is 5.94. The molecule has 1 aliphatic heterocycles. The van der Waals surface area contributed by atoms with Crippen molar-refractivity contribution < 1.29 is 16.8 Å². The summed E-state index contributed by atoms with van der Waals surface area (Å²) in [4.78, 5) is -0.0598. The topological polar surface area (TPSA) is 95.6 Å². The van der Waals surface area contributed by atoms with E-state index in [2.05, 4.69) is 10.0 Å². The molecule has 0 amide bonds. The maximum atomic E-state index is 12.6. The van der Waals surface area contributed by atoms with Gasteiger partial charge in [0.1, 0.15) is 0 Å². The first-order valence-electron chi connectivity index (χ1n) is 8.29. The molecule has 0 unspecified atom stereocenters. The standard InChI is InChI=1S/C16H25N3O4S2.ClH/c1-3-19(4-2)25(22,23)16-7-5-6-15(12-16)24(20,21)18-13-14-8-10-17-11-9-14;/h5-8,12,17-18H,3-4,9-11,13H2,1-2H3;1H. The number of hydrogen-bond acceptors (Lipinski definition) is 5. The first kappa shape index (κ1) is 23.1. The molecule has 1 heterocycles. The van der Waals surface area contributed by atoms with Gasteiger partial charge >= 0.3 is 0 Å². The van der Waals surface area contributed by atoms with E-state index in [4.69, 9.17) is 0 Å². The number of sulfonamides is 2. The van der Waals surface area contributed by atoms with E-state index < -0.39 is 20.0 Å². The van der Waals surface area contributed by atoms with Gasteiger partial charge in [-0.05, 0) is 31.2 Å². The van der Waals surface area contributed by atoms with Gasteiger partial charge in [0.25, 0.3) is 0 Å². The van der Waals surface area contributed by atoms with Crippen LogP contribution >= 0.6 is 12.4 Å². The molecule has 0 saturated heterocycles. The van der Waals surface area contributed by atoms with Gasteiger partial charge in [-0.1, -0.05) is 31.6 Å². The Bertz CT molecular complexity index is 835. The fourth-order valence-electron chi connectivity index (χ4n) is 2.62. The van der Waals surface area contributed by atoms with Gasteiger partial charge in [0.15, 0.2) is 0 Å². The predicted molar refractivity (Wildman–Crippen MR) is 105 cm³/mol. The highest BCUT2D eigenvalue weighted by Gasteiger charge is 2.24. The average Bonchev–Trinajstić information content (AvgIpc) is 2.62. The summed E-state index contributed by atoms with van der Waals surface area (Å²) in [6, 6.07) is 5.49. The van der Waals surface area contributed by atoms with E-state index in [1.54, 1.807) is 13.8 Å². The van der Waals surface area contributed by atoms with Crippen LogP contribution in [-0.4, -0.2) is 53.9 Å². The molecule has 0 fully saturated rings. The molecule has 2 rings (SSSR count). The Kier molecular flexibility index (Phi) is 8.71. The summed E-state index contributed by atoms with van der Waals surface area (Å²) >= 11 is 0. The van der Waals surface area contributed by atoms with Crippen molar-refractivity contribution in [3.8, 4) is 0 Å². The van der Waals surface area contributed by atoms with Gasteiger partial charge in [0, 0.05) is 26.2 Å². The molecule has 0 spiro atoms. The van der Waals surface area contributed by atoms with E-state index in [0.29, 0.717) is 13.1 Å². The van der Waals surface area contributed by atoms with Crippen LogP contribution in [0.25, 0.3) is 0 Å². The lowest BCUT2D eigenvalue weighted by Crippen LogP contribution is -2.31. The van der Waals surface area contributed by atoms with Gasteiger partial charge < -0.3 is 5.32 Å². The Morgan fingerprint density at radius 2 is 1.77 bits per heavy atom. The molecule has 0 atom stereocenters. The zero-order chi connectivity index (χ0) is 18.5. The molecule has 148 valence electrons. The Morgan fingerprint density at radius 1 is 1.12 bits per heavy atom. The summed E-state index contributed by atoms with van der Waals surface area (Å²) in [6.07, 6.45) is 2.76. The lowest BCUT2D eigenvalue weighted by atomic mass is 10.1. The second-order valence-electron chi connectivity index (χ2n) is 5.71. The van der Waals surface area contributed by atoms with Crippen LogP contribution in [0.15, 0.2) is 45.7 Å². The van der Waals surface area contributed by atoms with E-state index >= 15 is 0 Å². The van der Waals surface area contributed by atoms with Crippen LogP contribution in [0.5, 0.6) is 0 Å². The highest BCUT2D eigenvalue weighted by atomic mass is 35.5. The van der Waals surface area contributed by atoms with Gasteiger partial charge in [-0.3, -0.25) is 0 Å². The zero-order valence-corrected chi connectivity index (χ0v) is 17.4. The molecule has 0 radical (unpaired) electrons. The normalized spacial score (nSPS) is 15.4. The van der Waals surface area contributed by atoms with Crippen molar-refractivity contribution >= 4 is 32.5 Å². The van der Waals surface area contributed by atoms with Crippen molar-refractivity contribution in [2.45, 2.75) is 30.1 Å². The first-order valence-corrected chi connectivity index (χ1v) is 11.2. The number of nitrogens with zero attached hydrogens (tertiary/aromatic N) is 1. The molecule has 10 heteroatoms. The number of hydrogen-bond donors (Lipinski definition) is 2. The van der Waals surface area contributed by atoms with E-state index in [-0.39, 0.29) is 28.7 Å². The van der Waals surface area contributed by atoms with E-state index in [0.717, 1.165) is 25.1 Å². The van der Waals surface area contributed by atoms with Gasteiger partial charge in [0.05, 0.1) is 9.79 Å². The van der Waals surface area contributed by atoms with Crippen molar-refractivity contribution in [3.63, 3.8) is 0 Å². The van der Waals surface area contributed by atoms with Crippen LogP contribution < -0.4 is 10.0 Å². The van der Waals surface area contributed by atoms with E-state index in [9.17, 15) is 16.8 Å². The third kappa shape index (κ3) is 5.51. The summed E-state index contributed by atoms with van der Waals surface area (Å²) in [5, 5.41) is 3.16. The maximum absolute atomic E-state index is 12.6. The van der Waals surface area contributed by atoms with Crippen LogP contribution in [0.4, 0.5) is 0 Å². The maximum Gasteiger partial charge on any atom is 0.243 e. The van der Waals surface area contributed by atoms with Crippen molar-refractivity contribution in [2.75, 3.05) is 32.7 Å².